The molecular weight excluding hydrogens is 274 g/mol. The van der Waals surface area contributed by atoms with Crippen LogP contribution in [-0.4, -0.2) is 47.1 Å². The van der Waals surface area contributed by atoms with Gasteiger partial charge in [0.2, 0.25) is 0 Å². The quantitative estimate of drug-likeness (QED) is 0.858. The minimum Gasteiger partial charge on any atom is -0.387 e. The number of nitrogens with zero attached hydrogens (tertiary/aromatic N) is 3. The van der Waals surface area contributed by atoms with Gasteiger partial charge in [0.05, 0.1) is 7.05 Å². The average molecular weight is 300 g/mol. The molecule has 1 aromatic heterocycles. The van der Waals surface area contributed by atoms with Gasteiger partial charge in [-0.1, -0.05) is 30.3 Å². The molecule has 2 heterocycles. The van der Waals surface area contributed by atoms with E-state index in [1.165, 1.54) is 11.4 Å². The molecule has 1 N–H and O–H groups in total. The van der Waals surface area contributed by atoms with Crippen LogP contribution in [0.1, 0.15) is 12.0 Å². The molecule has 4 nitrogen and oxygen atoms in total. The van der Waals surface area contributed by atoms with E-state index >= 15 is 0 Å². The van der Waals surface area contributed by atoms with E-state index in [-0.39, 0.29) is 6.10 Å². The van der Waals surface area contributed by atoms with Crippen molar-refractivity contribution in [1.29, 1.82) is 0 Å². The molecule has 1 aliphatic heterocycles. The second-order valence-electron chi connectivity index (χ2n) is 6.40. The summed E-state index contributed by atoms with van der Waals surface area (Å²) < 4.78 is 2.97. The zero-order valence-corrected chi connectivity index (χ0v) is 13.5. The molecule has 4 heteroatoms. The van der Waals surface area contributed by atoms with Gasteiger partial charge in [0.25, 0.3) is 0 Å². The minimum absolute atomic E-state index is 0.196. The van der Waals surface area contributed by atoms with E-state index in [4.69, 9.17) is 0 Å². The fourth-order valence-corrected chi connectivity index (χ4v) is 3.58. The number of hydrogen-bond donors (Lipinski definition) is 1. The third kappa shape index (κ3) is 2.89. The zero-order chi connectivity index (χ0) is 15.6. The Morgan fingerprint density at radius 3 is 2.59 bits per heavy atom. The van der Waals surface area contributed by atoms with Crippen LogP contribution in [0.15, 0.2) is 48.7 Å². The molecule has 118 valence electrons. The first-order chi connectivity index (χ1) is 10.6. The van der Waals surface area contributed by atoms with E-state index in [1.807, 2.05) is 0 Å². The van der Waals surface area contributed by atoms with Crippen LogP contribution in [0.5, 0.6) is 0 Å². The fourth-order valence-electron chi connectivity index (χ4n) is 3.58. The zero-order valence-electron chi connectivity index (χ0n) is 13.5. The van der Waals surface area contributed by atoms with Gasteiger partial charge >= 0.3 is 0 Å². The van der Waals surface area contributed by atoms with Crippen molar-refractivity contribution in [2.24, 2.45) is 7.05 Å². The number of benzene rings is 1. The minimum atomic E-state index is -0.196. The molecule has 0 saturated carbocycles. The maximum atomic E-state index is 10.1. The van der Waals surface area contributed by atoms with Gasteiger partial charge in [0, 0.05) is 26.1 Å². The fraction of sp³-hybridized carbons (Fsp3) is 0.444. The first kappa shape index (κ1) is 15.1. The Morgan fingerprint density at radius 2 is 2.00 bits per heavy atom. The van der Waals surface area contributed by atoms with E-state index in [2.05, 4.69) is 72.3 Å². The summed E-state index contributed by atoms with van der Waals surface area (Å²) in [6.45, 7) is 2.81. The summed E-state index contributed by atoms with van der Waals surface area (Å²) in [7, 11) is 4.23. The lowest BCUT2D eigenvalue weighted by Gasteiger charge is -2.42. The van der Waals surface area contributed by atoms with E-state index in [1.54, 1.807) is 0 Å². The van der Waals surface area contributed by atoms with E-state index < -0.39 is 0 Å². The lowest BCUT2D eigenvalue weighted by Crippen LogP contribution is -2.59. The molecule has 2 atom stereocenters. The Labute approximate surface area is 132 Å². The molecule has 0 spiro atoms. The summed E-state index contributed by atoms with van der Waals surface area (Å²) in [4.78, 5) is 0. The Kier molecular flexibility index (Phi) is 4.23. The summed E-state index contributed by atoms with van der Waals surface area (Å²) in [6.07, 6.45) is 3.79. The molecule has 1 saturated heterocycles. The van der Waals surface area contributed by atoms with Gasteiger partial charge in [-0.15, -0.1) is 0 Å². The molecule has 1 aromatic carbocycles. The number of likely N-dealkylation sites (tertiary alicyclic amines) is 1. The van der Waals surface area contributed by atoms with Gasteiger partial charge in [-0.05, 0) is 17.7 Å². The van der Waals surface area contributed by atoms with Gasteiger partial charge in [-0.3, -0.25) is 0 Å². The normalized spacial score (nSPS) is 24.6. The van der Waals surface area contributed by atoms with Gasteiger partial charge in [0.15, 0.2) is 5.82 Å². The maximum absolute atomic E-state index is 10.1. The molecule has 1 aliphatic rings. The Morgan fingerprint density at radius 1 is 1.23 bits per heavy atom. The largest absolute Gasteiger partial charge is 0.387 e. The highest BCUT2D eigenvalue weighted by Crippen LogP contribution is 2.28. The SMILES string of the molecule is CN(c1cccn1C)[N+]1(CCc2ccccc2)CC[C@H](O)C1. The number of rotatable bonds is 5. The van der Waals surface area contributed by atoms with Crippen LogP contribution in [0, 0.1) is 0 Å². The summed E-state index contributed by atoms with van der Waals surface area (Å²) in [5.74, 6) is 1.20. The Balaban J connectivity index is 1.81. The molecule has 0 amide bonds. The van der Waals surface area contributed by atoms with Crippen molar-refractivity contribution in [3.8, 4) is 0 Å². The van der Waals surface area contributed by atoms with E-state index in [9.17, 15) is 5.11 Å². The average Bonchev–Trinajstić information content (AvgIpc) is 3.12. The maximum Gasteiger partial charge on any atom is 0.157 e. The lowest BCUT2D eigenvalue weighted by molar-refractivity contribution is -0.924. The predicted octanol–water partition coefficient (Wildman–Crippen LogP) is 2.20. The smallest absolute Gasteiger partial charge is 0.157 e. The molecule has 3 rings (SSSR count). The molecule has 0 radical (unpaired) electrons. The molecule has 0 bridgehead atoms. The van der Waals surface area contributed by atoms with Crippen molar-refractivity contribution in [2.45, 2.75) is 18.9 Å². The topological polar surface area (TPSA) is 28.4 Å². The third-order valence-corrected chi connectivity index (χ3v) is 4.97. The van der Waals surface area contributed by atoms with Crippen molar-refractivity contribution in [2.75, 3.05) is 31.7 Å². The number of aliphatic hydroxyl groups is 1. The number of hydrogen-bond acceptors (Lipinski definition) is 2. The van der Waals surface area contributed by atoms with Gasteiger partial charge < -0.3 is 9.67 Å². The second-order valence-corrected chi connectivity index (χ2v) is 6.40. The molecule has 1 unspecified atom stereocenters. The standard InChI is InChI=1S/C18H26N3O/c1-19-12-6-9-18(19)20(2)21(14-11-17(22)15-21)13-10-16-7-4-3-5-8-16/h3-9,12,17,22H,10-11,13-15H2,1-2H3/q+1/t17-,21?/m0/s1. The van der Waals surface area contributed by atoms with Crippen LogP contribution < -0.4 is 5.01 Å². The molecule has 0 aliphatic carbocycles. The molecule has 1 fully saturated rings. The first-order valence-corrected chi connectivity index (χ1v) is 8.04. The highest BCUT2D eigenvalue weighted by molar-refractivity contribution is 5.36. The van der Waals surface area contributed by atoms with Crippen LogP contribution in [0.4, 0.5) is 5.82 Å². The second kappa shape index (κ2) is 6.15. The van der Waals surface area contributed by atoms with E-state index in [0.29, 0.717) is 0 Å². The first-order valence-electron chi connectivity index (χ1n) is 8.04. The van der Waals surface area contributed by atoms with Crippen molar-refractivity contribution in [1.82, 2.24) is 4.57 Å². The monoisotopic (exact) mass is 300 g/mol. The van der Waals surface area contributed by atoms with Crippen LogP contribution in [0.2, 0.25) is 0 Å². The number of aromatic nitrogens is 1. The van der Waals surface area contributed by atoms with Crippen LogP contribution in [0.25, 0.3) is 0 Å². The van der Waals surface area contributed by atoms with Gasteiger partial charge in [-0.25, -0.2) is 9.60 Å². The van der Waals surface area contributed by atoms with Crippen molar-refractivity contribution in [3.63, 3.8) is 0 Å². The Bertz CT molecular complexity index is 610. The van der Waals surface area contributed by atoms with Crippen molar-refractivity contribution < 1.29 is 9.70 Å². The summed E-state index contributed by atoms with van der Waals surface area (Å²) in [5.41, 5.74) is 1.36. The van der Waals surface area contributed by atoms with Crippen LogP contribution in [0.3, 0.4) is 0 Å². The molecule has 22 heavy (non-hydrogen) atoms. The summed E-state index contributed by atoms with van der Waals surface area (Å²) in [6, 6.07) is 14.8. The number of aliphatic hydroxyl groups excluding tert-OH is 1. The van der Waals surface area contributed by atoms with E-state index in [0.717, 1.165) is 37.1 Å². The predicted molar refractivity (Wildman–Crippen MR) is 89.4 cm³/mol. The van der Waals surface area contributed by atoms with Crippen molar-refractivity contribution >= 4 is 5.82 Å². The summed E-state index contributed by atoms with van der Waals surface area (Å²) >= 11 is 0. The Hall–Kier alpha value is -1.78. The highest BCUT2D eigenvalue weighted by Gasteiger charge is 2.42. The number of aryl methyl sites for hydroxylation is 1. The molecule has 2 aromatic rings. The van der Waals surface area contributed by atoms with Crippen LogP contribution in [-0.2, 0) is 13.5 Å². The van der Waals surface area contributed by atoms with Crippen LogP contribution >= 0.6 is 0 Å². The summed E-state index contributed by atoms with van der Waals surface area (Å²) in [5, 5.41) is 12.5. The lowest BCUT2D eigenvalue weighted by atomic mass is 10.1. The molecular formula is C18H26N3O+. The third-order valence-electron chi connectivity index (χ3n) is 4.97. The number of quaternary nitrogens is 1. The highest BCUT2D eigenvalue weighted by atomic mass is 16.3. The van der Waals surface area contributed by atoms with Crippen molar-refractivity contribution in [3.05, 3.63) is 54.2 Å². The number of anilines is 1. The van der Waals surface area contributed by atoms with Gasteiger partial charge in [-0.2, -0.15) is 0 Å². The van der Waals surface area contributed by atoms with Gasteiger partial charge in [0.1, 0.15) is 25.7 Å².